The van der Waals surface area contributed by atoms with Crippen molar-refractivity contribution >= 4 is 34.6 Å². The molecule has 39 heavy (non-hydrogen) atoms. The van der Waals surface area contributed by atoms with Gasteiger partial charge in [-0.2, -0.15) is 0 Å². The first-order valence-corrected chi connectivity index (χ1v) is 13.2. The number of halogens is 3. The standard InChI is InChI=1S/C27H28ClF2N7O2/c1-15-8-10-16(11-9-15)14-37-21-20(17(12-28)13-31-3)32-23(24-35-26(38)39-36-24)33-22(21)34-25(37)27(2,30)18-6-4-5-7-19(18)29/h4-7,12-13,15-16H,8-11,14H2,1-3H3,(H,35,36,38)/b17-12+,31-13-/t15-,16-,27?. The van der Waals surface area contributed by atoms with Crippen molar-refractivity contribution < 1.29 is 13.3 Å². The zero-order chi connectivity index (χ0) is 27.7. The van der Waals surface area contributed by atoms with Gasteiger partial charge in [0.15, 0.2) is 17.1 Å². The summed E-state index contributed by atoms with van der Waals surface area (Å²) < 4.78 is 38.1. The van der Waals surface area contributed by atoms with Crippen molar-refractivity contribution in [3.05, 3.63) is 63.3 Å². The third kappa shape index (κ3) is 5.15. The van der Waals surface area contributed by atoms with Gasteiger partial charge in [-0.25, -0.2) is 28.5 Å². The van der Waals surface area contributed by atoms with Gasteiger partial charge in [-0.3, -0.25) is 14.5 Å². The van der Waals surface area contributed by atoms with Crippen molar-refractivity contribution in [2.75, 3.05) is 7.05 Å². The summed E-state index contributed by atoms with van der Waals surface area (Å²) >= 11 is 6.20. The molecule has 1 saturated carbocycles. The highest BCUT2D eigenvalue weighted by atomic mass is 35.5. The number of fused-ring (bicyclic) bond motifs is 1. The Hall–Kier alpha value is -3.73. The Morgan fingerprint density at radius 1 is 1.26 bits per heavy atom. The second-order valence-electron chi connectivity index (χ2n) is 10.1. The van der Waals surface area contributed by atoms with E-state index in [-0.39, 0.29) is 34.6 Å². The number of nitrogens with one attached hydrogen (secondary N) is 1. The molecule has 4 aromatic rings. The van der Waals surface area contributed by atoms with E-state index in [0.29, 0.717) is 29.2 Å². The van der Waals surface area contributed by atoms with Gasteiger partial charge in [0.1, 0.15) is 17.0 Å². The molecule has 1 aliphatic carbocycles. The highest BCUT2D eigenvalue weighted by Crippen LogP contribution is 2.39. The Labute approximate surface area is 228 Å². The number of hydrogen-bond acceptors (Lipinski definition) is 7. The van der Waals surface area contributed by atoms with Crippen molar-refractivity contribution in [2.24, 2.45) is 16.8 Å². The predicted molar refractivity (Wildman–Crippen MR) is 145 cm³/mol. The van der Waals surface area contributed by atoms with E-state index in [4.69, 9.17) is 11.6 Å². The molecule has 1 aliphatic rings. The van der Waals surface area contributed by atoms with Crippen LogP contribution in [0.1, 0.15) is 56.6 Å². The molecule has 1 N–H and O–H groups in total. The first kappa shape index (κ1) is 26.9. The minimum Gasteiger partial charge on any atom is -0.322 e. The number of hydrogen-bond donors (Lipinski definition) is 1. The minimum atomic E-state index is -2.31. The molecule has 0 saturated heterocycles. The number of rotatable bonds is 7. The fraction of sp³-hybridized carbons (Fsp3) is 0.407. The van der Waals surface area contributed by atoms with Gasteiger partial charge in [0, 0.05) is 36.5 Å². The van der Waals surface area contributed by atoms with Gasteiger partial charge >= 0.3 is 5.76 Å². The largest absolute Gasteiger partial charge is 0.439 e. The normalized spacial score (nSPS) is 20.1. The lowest BCUT2D eigenvalue weighted by Crippen LogP contribution is -2.27. The number of benzene rings is 1. The van der Waals surface area contributed by atoms with Gasteiger partial charge in [0.25, 0.3) is 0 Å². The van der Waals surface area contributed by atoms with Crippen molar-refractivity contribution in [3.8, 4) is 11.6 Å². The van der Waals surface area contributed by atoms with Crippen LogP contribution in [0.3, 0.4) is 0 Å². The summed E-state index contributed by atoms with van der Waals surface area (Å²) in [6.45, 7) is 3.96. The van der Waals surface area contributed by atoms with Crippen LogP contribution in [-0.4, -0.2) is 42.9 Å². The van der Waals surface area contributed by atoms with E-state index in [0.717, 1.165) is 25.7 Å². The molecule has 1 aromatic carbocycles. The highest BCUT2D eigenvalue weighted by molar-refractivity contribution is 6.33. The van der Waals surface area contributed by atoms with E-state index in [9.17, 15) is 9.18 Å². The maximum atomic E-state index is 16.8. The number of aromatic amines is 1. The number of nitrogens with zero attached hydrogens (tertiary/aromatic N) is 6. The second kappa shape index (κ2) is 10.8. The van der Waals surface area contributed by atoms with Gasteiger partial charge < -0.3 is 4.57 Å². The van der Waals surface area contributed by atoms with E-state index < -0.39 is 17.2 Å². The van der Waals surface area contributed by atoms with Crippen LogP contribution in [0.25, 0.3) is 28.4 Å². The molecule has 3 aromatic heterocycles. The Balaban J connectivity index is 1.80. The summed E-state index contributed by atoms with van der Waals surface area (Å²) in [5.41, 5.74) is 0.134. The summed E-state index contributed by atoms with van der Waals surface area (Å²) in [4.78, 5) is 31.9. The van der Waals surface area contributed by atoms with Crippen LogP contribution in [-0.2, 0) is 12.2 Å². The van der Waals surface area contributed by atoms with E-state index in [2.05, 4.69) is 41.5 Å². The fourth-order valence-corrected chi connectivity index (χ4v) is 5.38. The molecule has 0 radical (unpaired) electrons. The molecule has 0 bridgehead atoms. The smallest absolute Gasteiger partial charge is 0.322 e. The third-order valence-corrected chi connectivity index (χ3v) is 7.53. The lowest BCUT2D eigenvalue weighted by atomic mass is 9.83. The second-order valence-corrected chi connectivity index (χ2v) is 10.3. The van der Waals surface area contributed by atoms with Gasteiger partial charge in [0.05, 0.1) is 0 Å². The van der Waals surface area contributed by atoms with Crippen LogP contribution < -0.4 is 5.76 Å². The molecule has 0 amide bonds. The number of aliphatic imine (C=N–C) groups is 1. The van der Waals surface area contributed by atoms with E-state index in [1.807, 2.05) is 0 Å². The van der Waals surface area contributed by atoms with E-state index in [1.54, 1.807) is 17.7 Å². The summed E-state index contributed by atoms with van der Waals surface area (Å²) in [6, 6.07) is 5.73. The van der Waals surface area contributed by atoms with E-state index >= 15 is 4.39 Å². The van der Waals surface area contributed by atoms with Crippen molar-refractivity contribution in [1.82, 2.24) is 29.7 Å². The number of aromatic nitrogens is 6. The summed E-state index contributed by atoms with van der Waals surface area (Å²) in [5.74, 6) is -0.631. The third-order valence-electron chi connectivity index (χ3n) is 7.29. The Kier molecular flexibility index (Phi) is 7.44. The minimum absolute atomic E-state index is 0.00184. The van der Waals surface area contributed by atoms with Gasteiger partial charge in [0.2, 0.25) is 11.6 Å². The molecule has 5 rings (SSSR count). The van der Waals surface area contributed by atoms with Gasteiger partial charge in [-0.15, -0.1) is 0 Å². The lowest BCUT2D eigenvalue weighted by Gasteiger charge is -2.29. The molecular formula is C27H28ClF2N7O2. The molecular weight excluding hydrogens is 528 g/mol. The Bertz CT molecular complexity index is 1610. The van der Waals surface area contributed by atoms with Crippen molar-refractivity contribution in [3.63, 3.8) is 0 Å². The average molecular weight is 556 g/mol. The van der Waals surface area contributed by atoms with E-state index in [1.165, 1.54) is 36.9 Å². The van der Waals surface area contributed by atoms with Crippen LogP contribution in [0.2, 0.25) is 0 Å². The van der Waals surface area contributed by atoms with Crippen molar-refractivity contribution in [1.29, 1.82) is 0 Å². The monoisotopic (exact) mass is 555 g/mol. The zero-order valence-corrected chi connectivity index (χ0v) is 22.5. The lowest BCUT2D eigenvalue weighted by molar-refractivity contribution is 0.209. The quantitative estimate of drug-likeness (QED) is 0.295. The number of alkyl halides is 1. The van der Waals surface area contributed by atoms with Crippen LogP contribution in [0.5, 0.6) is 0 Å². The van der Waals surface area contributed by atoms with Gasteiger partial charge in [-0.05, 0) is 37.7 Å². The first-order valence-electron chi connectivity index (χ1n) is 12.7. The van der Waals surface area contributed by atoms with Crippen molar-refractivity contribution in [2.45, 2.75) is 51.7 Å². The Morgan fingerprint density at radius 3 is 2.64 bits per heavy atom. The number of imidazole rings is 1. The molecule has 1 unspecified atom stereocenters. The number of H-pyrrole nitrogens is 1. The predicted octanol–water partition coefficient (Wildman–Crippen LogP) is 5.65. The maximum absolute atomic E-state index is 16.8. The van der Waals surface area contributed by atoms with Crippen LogP contribution in [0.4, 0.5) is 8.78 Å². The zero-order valence-electron chi connectivity index (χ0n) is 21.8. The fourth-order valence-electron chi connectivity index (χ4n) is 5.22. The molecule has 204 valence electrons. The topological polar surface area (TPSA) is 115 Å². The summed E-state index contributed by atoms with van der Waals surface area (Å²) in [5, 5.41) is 3.69. The molecule has 0 aliphatic heterocycles. The SMILES string of the molecule is C/N=C\C(=C/Cl)c1nc(-c2noc(=O)[nH]2)nc2nc(C(C)(F)c3ccccc3F)n(C[C@H]3CC[C@H](C)CC3)c12. The molecule has 1 fully saturated rings. The maximum Gasteiger partial charge on any atom is 0.439 e. The average Bonchev–Trinajstić information content (AvgIpc) is 3.52. The van der Waals surface area contributed by atoms with Gasteiger partial charge in [-0.1, -0.05) is 54.7 Å². The molecule has 12 heteroatoms. The summed E-state index contributed by atoms with van der Waals surface area (Å²) in [6.07, 6.45) is 5.57. The molecule has 0 spiro atoms. The van der Waals surface area contributed by atoms with Crippen LogP contribution >= 0.6 is 11.6 Å². The van der Waals surface area contributed by atoms with Crippen LogP contribution in [0, 0.1) is 17.7 Å². The first-order chi connectivity index (χ1) is 18.7. The molecule has 1 atom stereocenters. The summed E-state index contributed by atoms with van der Waals surface area (Å²) in [7, 11) is 1.58. The number of allylic oxidation sites excluding steroid dienone is 1. The van der Waals surface area contributed by atoms with Crippen LogP contribution in [0.15, 0.2) is 44.1 Å². The Morgan fingerprint density at radius 2 is 2.00 bits per heavy atom. The molecule has 3 heterocycles. The molecule has 9 nitrogen and oxygen atoms in total. The highest BCUT2D eigenvalue weighted by Gasteiger charge is 2.39.